The van der Waals surface area contributed by atoms with Crippen LogP contribution in [-0.4, -0.2) is 37.8 Å². The van der Waals surface area contributed by atoms with Gasteiger partial charge >= 0.3 is 5.97 Å². The number of methoxy groups -OCH3 is 1. The van der Waals surface area contributed by atoms with Crippen molar-refractivity contribution in [2.75, 3.05) is 7.11 Å². The molecule has 2 aliphatic rings. The highest BCUT2D eigenvalue weighted by atomic mass is 16.5. The molecule has 25 heavy (non-hydrogen) atoms. The standard InChI is InChI=1S/C17H15N5O3/c1-9(15-18-12-5-3-4-6-13(12)19-15)22-7-10-14(20-21-16(10)23)11(8-22)17(24)25-2/h3-9H,1-2H3,(H,18,19)(H,21,23)/t9-/m0/s1. The minimum Gasteiger partial charge on any atom is -0.465 e. The second kappa shape index (κ2) is 5.59. The second-order valence-corrected chi connectivity index (χ2v) is 5.74. The normalized spacial score (nSPS) is 12.6. The molecule has 4 rings (SSSR count). The van der Waals surface area contributed by atoms with Gasteiger partial charge in [-0.25, -0.2) is 14.9 Å². The van der Waals surface area contributed by atoms with E-state index < -0.39 is 5.97 Å². The quantitative estimate of drug-likeness (QED) is 0.556. The maximum absolute atomic E-state index is 12.1. The van der Waals surface area contributed by atoms with E-state index in [9.17, 15) is 9.59 Å². The van der Waals surface area contributed by atoms with Crippen molar-refractivity contribution in [3.63, 3.8) is 0 Å². The summed E-state index contributed by atoms with van der Waals surface area (Å²) < 4.78 is 6.56. The van der Waals surface area contributed by atoms with Gasteiger partial charge in [-0.3, -0.25) is 4.79 Å². The molecule has 0 unspecified atom stereocenters. The fourth-order valence-corrected chi connectivity index (χ4v) is 2.85. The number of hydrogen-bond donors (Lipinski definition) is 2. The molecule has 0 spiro atoms. The van der Waals surface area contributed by atoms with E-state index in [1.54, 1.807) is 17.0 Å². The molecule has 0 radical (unpaired) electrons. The molecular formula is C17H15N5O3. The van der Waals surface area contributed by atoms with Gasteiger partial charge in [-0.05, 0) is 19.1 Å². The molecule has 2 aliphatic heterocycles. The maximum atomic E-state index is 12.1. The number of esters is 1. The van der Waals surface area contributed by atoms with Crippen LogP contribution in [0.25, 0.3) is 22.3 Å². The molecule has 0 bridgehead atoms. The van der Waals surface area contributed by atoms with Crippen LogP contribution in [0.1, 0.15) is 29.1 Å². The number of ether oxygens (including phenoxy) is 1. The van der Waals surface area contributed by atoms with Crippen LogP contribution in [0.15, 0.2) is 41.5 Å². The summed E-state index contributed by atoms with van der Waals surface area (Å²) in [4.78, 5) is 31.9. The number of imidazole rings is 1. The van der Waals surface area contributed by atoms with Crippen molar-refractivity contribution in [3.8, 4) is 11.3 Å². The van der Waals surface area contributed by atoms with E-state index >= 15 is 0 Å². The molecule has 1 atom stereocenters. The lowest BCUT2D eigenvalue weighted by atomic mass is 10.1. The van der Waals surface area contributed by atoms with E-state index in [2.05, 4.69) is 20.2 Å². The highest BCUT2D eigenvalue weighted by molar-refractivity contribution is 5.96. The van der Waals surface area contributed by atoms with Gasteiger partial charge in [0.25, 0.3) is 5.56 Å². The number of carbonyl (C=O) groups excluding carboxylic acids is 1. The van der Waals surface area contributed by atoms with Crippen LogP contribution in [0, 0.1) is 0 Å². The molecule has 0 saturated heterocycles. The first kappa shape index (κ1) is 15.1. The highest BCUT2D eigenvalue weighted by Gasteiger charge is 2.24. The molecule has 126 valence electrons. The Morgan fingerprint density at radius 2 is 2.08 bits per heavy atom. The Kier molecular flexibility index (Phi) is 3.38. The first-order chi connectivity index (χ1) is 12.1. The number of aromatic nitrogens is 5. The SMILES string of the molecule is COC(=O)c1cn([C@@H](C)c2nc3ccccc3[nH]2)cc2c(=O)[nH]nc1-2. The molecule has 8 heteroatoms. The number of benzene rings is 1. The first-order valence-corrected chi connectivity index (χ1v) is 7.71. The summed E-state index contributed by atoms with van der Waals surface area (Å²) in [7, 11) is 1.29. The molecule has 1 aromatic carbocycles. The van der Waals surface area contributed by atoms with E-state index in [0.717, 1.165) is 16.9 Å². The summed E-state index contributed by atoms with van der Waals surface area (Å²) in [6.45, 7) is 1.93. The van der Waals surface area contributed by atoms with Gasteiger partial charge in [0.05, 0.1) is 29.7 Å². The number of H-pyrrole nitrogens is 2. The fraction of sp³-hybridized carbons (Fsp3) is 0.176. The molecule has 3 heterocycles. The Morgan fingerprint density at radius 1 is 1.28 bits per heavy atom. The number of nitrogens with zero attached hydrogens (tertiary/aromatic N) is 3. The Bertz CT molecular complexity index is 1070. The lowest BCUT2D eigenvalue weighted by Gasteiger charge is -2.16. The van der Waals surface area contributed by atoms with Crippen molar-refractivity contribution < 1.29 is 9.53 Å². The lowest BCUT2D eigenvalue weighted by molar-refractivity contribution is 0.0600. The summed E-state index contributed by atoms with van der Waals surface area (Å²) in [6.07, 6.45) is 3.28. The van der Waals surface area contributed by atoms with E-state index in [-0.39, 0.29) is 17.2 Å². The summed E-state index contributed by atoms with van der Waals surface area (Å²) in [5, 5.41) is 6.29. The van der Waals surface area contributed by atoms with Crippen LogP contribution >= 0.6 is 0 Å². The van der Waals surface area contributed by atoms with Gasteiger partial charge in [0.1, 0.15) is 17.1 Å². The Morgan fingerprint density at radius 3 is 2.84 bits per heavy atom. The summed E-state index contributed by atoms with van der Waals surface area (Å²) in [5.41, 5.74) is 2.27. The van der Waals surface area contributed by atoms with Crippen LogP contribution < -0.4 is 5.56 Å². The zero-order valence-electron chi connectivity index (χ0n) is 13.6. The molecule has 0 fully saturated rings. The van der Waals surface area contributed by atoms with Crippen molar-refractivity contribution in [3.05, 3.63) is 58.4 Å². The fourth-order valence-electron chi connectivity index (χ4n) is 2.85. The summed E-state index contributed by atoms with van der Waals surface area (Å²) >= 11 is 0. The third-order valence-electron chi connectivity index (χ3n) is 4.24. The second-order valence-electron chi connectivity index (χ2n) is 5.74. The number of nitrogens with one attached hydrogen (secondary N) is 2. The smallest absolute Gasteiger partial charge is 0.341 e. The van der Waals surface area contributed by atoms with Crippen LogP contribution in [0.2, 0.25) is 0 Å². The van der Waals surface area contributed by atoms with Crippen LogP contribution in [-0.2, 0) is 4.74 Å². The number of fused-ring (bicyclic) bond motifs is 2. The zero-order chi connectivity index (χ0) is 17.6. The van der Waals surface area contributed by atoms with Gasteiger partial charge < -0.3 is 14.3 Å². The van der Waals surface area contributed by atoms with E-state index in [1.807, 2.05) is 31.2 Å². The monoisotopic (exact) mass is 337 g/mol. The van der Waals surface area contributed by atoms with Gasteiger partial charge in [0.2, 0.25) is 0 Å². The maximum Gasteiger partial charge on any atom is 0.341 e. The van der Waals surface area contributed by atoms with Crippen molar-refractivity contribution in [2.45, 2.75) is 13.0 Å². The minimum absolute atomic E-state index is 0.223. The Hall–Kier alpha value is -3.42. The van der Waals surface area contributed by atoms with Crippen LogP contribution in [0.3, 0.4) is 0 Å². The number of aromatic amines is 2. The average molecular weight is 337 g/mol. The number of para-hydroxylation sites is 2. The molecule has 0 amide bonds. The van der Waals surface area contributed by atoms with Crippen molar-refractivity contribution >= 4 is 17.0 Å². The Balaban J connectivity index is 1.87. The van der Waals surface area contributed by atoms with Gasteiger partial charge in [-0.2, -0.15) is 5.10 Å². The summed E-state index contributed by atoms with van der Waals surface area (Å²) in [6, 6.07) is 7.48. The van der Waals surface area contributed by atoms with Crippen molar-refractivity contribution in [1.82, 2.24) is 24.7 Å². The number of carbonyl (C=O) groups is 1. The van der Waals surface area contributed by atoms with Crippen LogP contribution in [0.4, 0.5) is 0 Å². The molecule has 1 aromatic heterocycles. The zero-order valence-corrected chi connectivity index (χ0v) is 13.6. The minimum atomic E-state index is -0.553. The summed E-state index contributed by atoms with van der Waals surface area (Å²) in [5.74, 6) is 0.167. The molecule has 2 N–H and O–H groups in total. The van der Waals surface area contributed by atoms with Crippen molar-refractivity contribution in [2.24, 2.45) is 0 Å². The average Bonchev–Trinajstić information content (AvgIpc) is 3.23. The predicted molar refractivity (Wildman–Crippen MR) is 90.7 cm³/mol. The predicted octanol–water partition coefficient (Wildman–Crippen LogP) is 1.95. The third kappa shape index (κ3) is 2.38. The lowest BCUT2D eigenvalue weighted by Crippen LogP contribution is -2.15. The van der Waals surface area contributed by atoms with E-state index in [0.29, 0.717) is 11.3 Å². The topological polar surface area (TPSA) is 106 Å². The molecule has 0 saturated carbocycles. The molecular weight excluding hydrogens is 322 g/mol. The largest absolute Gasteiger partial charge is 0.465 e. The third-order valence-corrected chi connectivity index (χ3v) is 4.24. The molecule has 2 aromatic rings. The van der Waals surface area contributed by atoms with Gasteiger partial charge in [-0.1, -0.05) is 12.1 Å². The number of pyridine rings is 1. The number of rotatable bonds is 3. The van der Waals surface area contributed by atoms with Crippen molar-refractivity contribution in [1.29, 1.82) is 0 Å². The van der Waals surface area contributed by atoms with E-state index in [4.69, 9.17) is 4.74 Å². The number of hydrogen-bond acceptors (Lipinski definition) is 5. The van der Waals surface area contributed by atoms with Gasteiger partial charge in [0.15, 0.2) is 0 Å². The molecule has 8 nitrogen and oxygen atoms in total. The Labute approximate surface area is 141 Å². The highest BCUT2D eigenvalue weighted by Crippen LogP contribution is 2.25. The van der Waals surface area contributed by atoms with E-state index in [1.165, 1.54) is 7.11 Å². The van der Waals surface area contributed by atoms with Gasteiger partial charge in [-0.15, -0.1) is 0 Å². The molecule has 0 aliphatic carbocycles. The van der Waals surface area contributed by atoms with Gasteiger partial charge in [0, 0.05) is 12.4 Å². The first-order valence-electron chi connectivity index (χ1n) is 7.71. The van der Waals surface area contributed by atoms with Crippen LogP contribution in [0.5, 0.6) is 0 Å².